The van der Waals surface area contributed by atoms with Crippen LogP contribution in [0.25, 0.3) is 0 Å². The predicted molar refractivity (Wildman–Crippen MR) is 105 cm³/mol. The van der Waals surface area contributed by atoms with Gasteiger partial charge < -0.3 is 9.47 Å². The van der Waals surface area contributed by atoms with Gasteiger partial charge in [-0.2, -0.15) is 0 Å². The van der Waals surface area contributed by atoms with Crippen molar-refractivity contribution in [3.8, 4) is 5.75 Å². The van der Waals surface area contributed by atoms with Crippen molar-refractivity contribution in [1.29, 1.82) is 0 Å². The van der Waals surface area contributed by atoms with Gasteiger partial charge in [-0.25, -0.2) is 0 Å². The highest BCUT2D eigenvalue weighted by molar-refractivity contribution is 6.08. The average Bonchev–Trinajstić information content (AvgIpc) is 2.68. The molecule has 0 N–H and O–H groups in total. The highest BCUT2D eigenvalue weighted by atomic mass is 35.5. The van der Waals surface area contributed by atoms with E-state index in [0.717, 1.165) is 37.6 Å². The summed E-state index contributed by atoms with van der Waals surface area (Å²) in [6.07, 6.45) is 0. The Morgan fingerprint density at radius 2 is 1.69 bits per heavy atom. The number of Topliss-reactive ketones (excluding diaryl/α,β-unsaturated/α-hetero) is 1. The van der Waals surface area contributed by atoms with Crippen LogP contribution in [-0.2, 0) is 11.3 Å². The molecular weight excluding hydrogens is 350 g/mol. The Balaban J connectivity index is 0.00000243. The van der Waals surface area contributed by atoms with Crippen LogP contribution < -0.4 is 4.74 Å². The maximum Gasteiger partial charge on any atom is 0.189 e. The molecule has 0 aromatic heterocycles. The highest BCUT2D eigenvalue weighted by Gasteiger charge is 2.16. The van der Waals surface area contributed by atoms with E-state index < -0.39 is 0 Å². The lowest BCUT2D eigenvalue weighted by Crippen LogP contribution is -2.38. The van der Waals surface area contributed by atoms with Gasteiger partial charge >= 0.3 is 0 Å². The number of halogens is 1. The zero-order valence-corrected chi connectivity index (χ0v) is 15.5. The number of hydrogen-bond donors (Lipinski definition) is 0. The van der Waals surface area contributed by atoms with Crippen molar-refractivity contribution in [3.05, 3.63) is 77.9 Å². The molecule has 4 nitrogen and oxygen atoms in total. The summed E-state index contributed by atoms with van der Waals surface area (Å²) in [5.41, 5.74) is 2.37. The number of hydrogen-bond acceptors (Lipinski definition) is 4. The molecule has 0 unspecified atom stereocenters. The van der Waals surface area contributed by atoms with Gasteiger partial charge in [-0.3, -0.25) is 9.69 Å². The Morgan fingerprint density at radius 3 is 2.35 bits per heavy atom. The normalized spacial score (nSPS) is 14.3. The summed E-state index contributed by atoms with van der Waals surface area (Å²) < 4.78 is 11.1. The van der Waals surface area contributed by atoms with Crippen LogP contribution in [0, 0.1) is 0 Å². The van der Waals surface area contributed by atoms with Gasteiger partial charge in [0, 0.05) is 30.8 Å². The Labute approximate surface area is 160 Å². The lowest BCUT2D eigenvalue weighted by atomic mass is 10.0. The Bertz CT molecular complexity index is 710. The van der Waals surface area contributed by atoms with Gasteiger partial charge in [-0.15, -0.1) is 12.4 Å². The van der Waals surface area contributed by atoms with Crippen LogP contribution in [0.1, 0.15) is 15.9 Å². The smallest absolute Gasteiger partial charge is 0.189 e. The molecule has 138 valence electrons. The molecule has 0 aliphatic carbocycles. The summed E-state index contributed by atoms with van der Waals surface area (Å²) in [6, 6.07) is 17.3. The van der Waals surface area contributed by atoms with Crippen LogP contribution in [0.4, 0.5) is 0 Å². The van der Waals surface area contributed by atoms with Crippen molar-refractivity contribution in [2.75, 3.05) is 32.8 Å². The Kier molecular flexibility index (Phi) is 7.85. The second-order valence-electron chi connectivity index (χ2n) is 6.12. The highest BCUT2D eigenvalue weighted by Crippen LogP contribution is 2.17. The molecule has 1 saturated heterocycles. The van der Waals surface area contributed by atoms with Gasteiger partial charge in [0.1, 0.15) is 12.4 Å². The van der Waals surface area contributed by atoms with Gasteiger partial charge in [0.05, 0.1) is 13.2 Å². The summed E-state index contributed by atoms with van der Waals surface area (Å²) >= 11 is 0. The van der Waals surface area contributed by atoms with Crippen molar-refractivity contribution >= 4 is 18.2 Å². The Morgan fingerprint density at radius 1 is 1.04 bits per heavy atom. The van der Waals surface area contributed by atoms with Gasteiger partial charge in [-0.05, 0) is 29.8 Å². The fraction of sp³-hybridized carbons (Fsp3) is 0.286. The standard InChI is InChI=1S/C21H23NO3.ClH/c1-17(15-22-11-13-24-14-12-22)21(23)19-7-9-20(10-8-19)25-16-18-5-3-2-4-6-18;/h2-10H,1,11-16H2;1H. The molecule has 0 radical (unpaired) electrons. The number of ketones is 1. The molecule has 5 heteroatoms. The number of carbonyl (C=O) groups is 1. The molecule has 0 atom stereocenters. The number of morpholine rings is 1. The summed E-state index contributed by atoms with van der Waals surface area (Å²) in [4.78, 5) is 14.7. The summed E-state index contributed by atoms with van der Waals surface area (Å²) in [7, 11) is 0. The predicted octanol–water partition coefficient (Wildman–Crippen LogP) is 3.76. The lowest BCUT2D eigenvalue weighted by molar-refractivity contribution is 0.0418. The summed E-state index contributed by atoms with van der Waals surface area (Å²) in [6.45, 7) is 8.19. The van der Waals surface area contributed by atoms with Crippen LogP contribution >= 0.6 is 12.4 Å². The first-order valence-electron chi connectivity index (χ1n) is 8.52. The molecule has 2 aromatic rings. The van der Waals surface area contributed by atoms with Crippen LogP contribution in [0.2, 0.25) is 0 Å². The van der Waals surface area contributed by atoms with E-state index in [1.807, 2.05) is 42.5 Å². The number of ether oxygens (including phenoxy) is 2. The molecular formula is C21H24ClNO3. The summed E-state index contributed by atoms with van der Waals surface area (Å²) in [5.74, 6) is 0.736. The molecule has 0 spiro atoms. The average molecular weight is 374 g/mol. The van der Waals surface area contributed by atoms with E-state index in [1.165, 1.54) is 0 Å². The molecule has 1 heterocycles. The van der Waals surface area contributed by atoms with Gasteiger partial charge in [0.25, 0.3) is 0 Å². The molecule has 2 aromatic carbocycles. The van der Waals surface area contributed by atoms with E-state index in [9.17, 15) is 4.79 Å². The first-order valence-corrected chi connectivity index (χ1v) is 8.52. The monoisotopic (exact) mass is 373 g/mol. The molecule has 0 bridgehead atoms. The number of carbonyl (C=O) groups excluding carboxylic acids is 1. The SMILES string of the molecule is C=C(CN1CCOCC1)C(=O)c1ccc(OCc2ccccc2)cc1.Cl. The third-order valence-electron chi connectivity index (χ3n) is 4.20. The molecule has 0 amide bonds. The minimum absolute atomic E-state index is 0. The van der Waals surface area contributed by atoms with E-state index in [0.29, 0.717) is 24.3 Å². The molecule has 26 heavy (non-hydrogen) atoms. The number of nitrogens with zero attached hydrogens (tertiary/aromatic N) is 1. The van der Waals surface area contributed by atoms with E-state index in [1.54, 1.807) is 12.1 Å². The first kappa shape index (κ1) is 20.2. The van der Waals surface area contributed by atoms with Crippen LogP contribution in [0.5, 0.6) is 5.75 Å². The number of rotatable bonds is 7. The van der Waals surface area contributed by atoms with Crippen molar-refractivity contribution in [2.45, 2.75) is 6.61 Å². The second-order valence-corrected chi connectivity index (χ2v) is 6.12. The molecule has 0 saturated carbocycles. The third-order valence-corrected chi connectivity index (χ3v) is 4.20. The Hall–Kier alpha value is -2.14. The quantitative estimate of drug-likeness (QED) is 0.547. The second kappa shape index (κ2) is 10.1. The fourth-order valence-electron chi connectivity index (χ4n) is 2.75. The molecule has 1 fully saturated rings. The van der Waals surface area contributed by atoms with Crippen molar-refractivity contribution in [2.24, 2.45) is 0 Å². The van der Waals surface area contributed by atoms with Gasteiger partial charge in [0.2, 0.25) is 0 Å². The number of benzene rings is 2. The van der Waals surface area contributed by atoms with Crippen molar-refractivity contribution < 1.29 is 14.3 Å². The van der Waals surface area contributed by atoms with Crippen molar-refractivity contribution in [1.82, 2.24) is 4.90 Å². The third kappa shape index (κ3) is 5.70. The zero-order chi connectivity index (χ0) is 17.5. The topological polar surface area (TPSA) is 38.8 Å². The van der Waals surface area contributed by atoms with Gasteiger partial charge in [-0.1, -0.05) is 36.9 Å². The largest absolute Gasteiger partial charge is 0.489 e. The zero-order valence-electron chi connectivity index (χ0n) is 14.7. The molecule has 1 aliphatic heterocycles. The van der Waals surface area contributed by atoms with Gasteiger partial charge in [0.15, 0.2) is 5.78 Å². The van der Waals surface area contributed by atoms with E-state index in [-0.39, 0.29) is 18.2 Å². The van der Waals surface area contributed by atoms with Crippen LogP contribution in [0.3, 0.4) is 0 Å². The van der Waals surface area contributed by atoms with E-state index in [2.05, 4.69) is 11.5 Å². The fourth-order valence-corrected chi connectivity index (χ4v) is 2.75. The minimum atomic E-state index is -0.0129. The molecule has 1 aliphatic rings. The van der Waals surface area contributed by atoms with Crippen LogP contribution in [0.15, 0.2) is 66.7 Å². The van der Waals surface area contributed by atoms with E-state index in [4.69, 9.17) is 9.47 Å². The maximum atomic E-state index is 12.5. The van der Waals surface area contributed by atoms with E-state index >= 15 is 0 Å². The lowest BCUT2D eigenvalue weighted by Gasteiger charge is -2.26. The molecule has 3 rings (SSSR count). The van der Waals surface area contributed by atoms with Crippen molar-refractivity contribution in [3.63, 3.8) is 0 Å². The van der Waals surface area contributed by atoms with Crippen LogP contribution in [-0.4, -0.2) is 43.5 Å². The summed E-state index contributed by atoms with van der Waals surface area (Å²) in [5, 5.41) is 0. The maximum absolute atomic E-state index is 12.5. The minimum Gasteiger partial charge on any atom is -0.489 e. The first-order chi connectivity index (χ1) is 12.2.